The number of carbonyl (C=O) groups is 1. The van der Waals surface area contributed by atoms with E-state index in [0.29, 0.717) is 5.41 Å². The van der Waals surface area contributed by atoms with Crippen molar-refractivity contribution in [1.29, 1.82) is 0 Å². The Morgan fingerprint density at radius 3 is 1.27 bits per heavy atom. The predicted molar refractivity (Wildman–Crippen MR) is 139 cm³/mol. The number of aliphatic hydroxyl groups excluding tert-OH is 1. The monoisotopic (exact) mass is 500 g/mol. The van der Waals surface area contributed by atoms with Gasteiger partial charge in [0.25, 0.3) is 0 Å². The van der Waals surface area contributed by atoms with Crippen molar-refractivity contribution in [3.05, 3.63) is 0 Å². The van der Waals surface area contributed by atoms with Gasteiger partial charge >= 0.3 is 16.4 Å². The van der Waals surface area contributed by atoms with E-state index >= 15 is 0 Å². The number of hydrogen-bond acceptors (Lipinski definition) is 5. The van der Waals surface area contributed by atoms with Crippen LogP contribution in [0.4, 0.5) is 0 Å². The van der Waals surface area contributed by atoms with Crippen LogP contribution in [-0.2, 0) is 19.4 Å². The Kier molecular flexibility index (Phi) is 22.3. The summed E-state index contributed by atoms with van der Waals surface area (Å²) in [5.41, 5.74) is 1.30. The summed E-state index contributed by atoms with van der Waals surface area (Å²) in [4.78, 5) is 9.37. The van der Waals surface area contributed by atoms with Crippen LogP contribution in [0.15, 0.2) is 0 Å². The predicted octanol–water partition coefficient (Wildman–Crippen LogP) is 6.85. The van der Waals surface area contributed by atoms with Crippen LogP contribution in [-0.4, -0.2) is 42.4 Å². The van der Waals surface area contributed by atoms with Crippen LogP contribution in [0.1, 0.15) is 115 Å². The van der Waals surface area contributed by atoms with Crippen LogP contribution >= 0.6 is 0 Å². The number of rotatable bonds is 3. The molecule has 0 radical (unpaired) electrons. The minimum absolute atomic E-state index is 0. The lowest BCUT2D eigenvalue weighted by Gasteiger charge is -2.55. The third-order valence-electron chi connectivity index (χ3n) is 4.91. The Labute approximate surface area is 205 Å². The van der Waals surface area contributed by atoms with Crippen molar-refractivity contribution in [3.8, 4) is 0 Å². The number of carboxylic acids is 1. The molecule has 7 nitrogen and oxygen atoms in total. The van der Waals surface area contributed by atoms with E-state index in [9.17, 15) is 13.2 Å². The molecule has 4 bridgehead atoms. The molecule has 4 fully saturated rings. The quantitative estimate of drug-likeness (QED) is 0.362. The molecular weight excluding hydrogens is 444 g/mol. The van der Waals surface area contributed by atoms with Gasteiger partial charge in [-0.15, -0.1) is 0 Å². The third kappa shape index (κ3) is 25.8. The van der Waals surface area contributed by atoms with E-state index in [1.165, 1.54) is 6.92 Å². The molecule has 33 heavy (non-hydrogen) atoms. The van der Waals surface area contributed by atoms with Crippen LogP contribution in [0.5, 0.6) is 0 Å². The highest BCUT2D eigenvalue weighted by Gasteiger charge is 2.48. The van der Waals surface area contributed by atoms with Gasteiger partial charge in [0.05, 0.1) is 6.61 Å². The number of aliphatic hydroxyl groups is 1. The van der Waals surface area contributed by atoms with E-state index in [-0.39, 0.29) is 34.5 Å². The summed E-state index contributed by atoms with van der Waals surface area (Å²) in [5.74, 6) is 2.69. The van der Waals surface area contributed by atoms with Crippen LogP contribution in [0.3, 0.4) is 0 Å². The van der Waals surface area contributed by atoms with Gasteiger partial charge < -0.3 is 10.2 Å². The first-order chi connectivity index (χ1) is 14.0. The van der Waals surface area contributed by atoms with Gasteiger partial charge in [-0.25, -0.2) is 4.18 Å². The van der Waals surface area contributed by atoms with Gasteiger partial charge in [0.15, 0.2) is 0 Å². The molecule has 0 spiro atoms. The molecule has 3 N–H and O–H groups in total. The Balaban J connectivity index is -0.000000170. The Morgan fingerprint density at radius 2 is 1.18 bits per heavy atom. The second-order valence-corrected chi connectivity index (χ2v) is 11.7. The first kappa shape index (κ1) is 39.5. The van der Waals surface area contributed by atoms with E-state index in [1.807, 2.05) is 0 Å². The largest absolute Gasteiger partial charge is 0.481 e. The molecular formula is C25H56O7S. The summed E-state index contributed by atoms with van der Waals surface area (Å²) in [7, 11) is -4.17. The van der Waals surface area contributed by atoms with Crippen molar-refractivity contribution in [2.24, 2.45) is 28.6 Å². The SMILES string of the molecule is C.C.CC(C)(C)C.CC12CC3CC(CC(C3)C1)C2.CCC(=O)O.CCO.CCOS(=O)(=O)O. The zero-order valence-electron chi connectivity index (χ0n) is 21.0. The molecule has 0 amide bonds. The molecule has 0 atom stereocenters. The van der Waals surface area contributed by atoms with Gasteiger partial charge in [-0.1, -0.05) is 56.4 Å². The zero-order valence-corrected chi connectivity index (χ0v) is 21.8. The summed E-state index contributed by atoms with van der Waals surface area (Å²) in [5, 5.41) is 15.3. The van der Waals surface area contributed by atoms with E-state index in [1.54, 1.807) is 52.4 Å². The van der Waals surface area contributed by atoms with E-state index < -0.39 is 16.4 Å². The minimum atomic E-state index is -4.17. The molecule has 204 valence electrons. The van der Waals surface area contributed by atoms with Crippen molar-refractivity contribution < 1.29 is 32.2 Å². The van der Waals surface area contributed by atoms with Gasteiger partial charge in [-0.05, 0) is 81.0 Å². The summed E-state index contributed by atoms with van der Waals surface area (Å²) in [6.45, 7) is 16.3. The van der Waals surface area contributed by atoms with Gasteiger partial charge in [0.2, 0.25) is 0 Å². The molecule has 0 aromatic carbocycles. The Hall–Kier alpha value is -0.700. The first-order valence-electron chi connectivity index (χ1n) is 11.4. The minimum Gasteiger partial charge on any atom is -0.481 e. The van der Waals surface area contributed by atoms with E-state index in [0.717, 1.165) is 23.2 Å². The van der Waals surface area contributed by atoms with Gasteiger partial charge in [-0.3, -0.25) is 9.35 Å². The molecule has 4 saturated carbocycles. The van der Waals surface area contributed by atoms with Gasteiger partial charge in [-0.2, -0.15) is 8.42 Å². The average molecular weight is 501 g/mol. The van der Waals surface area contributed by atoms with Crippen molar-refractivity contribution in [2.45, 2.75) is 115 Å². The molecule has 8 heteroatoms. The lowest BCUT2D eigenvalue weighted by molar-refractivity contribution is -0.136. The topological polar surface area (TPSA) is 121 Å². The molecule has 0 aromatic rings. The lowest BCUT2D eigenvalue weighted by Crippen LogP contribution is -2.44. The first-order valence-corrected chi connectivity index (χ1v) is 12.8. The van der Waals surface area contributed by atoms with Crippen LogP contribution in [0.25, 0.3) is 0 Å². The second kappa shape index (κ2) is 18.6. The molecule has 0 aliphatic heterocycles. The van der Waals surface area contributed by atoms with E-state index in [4.69, 9.17) is 14.8 Å². The Bertz CT molecular complexity index is 539. The van der Waals surface area contributed by atoms with Gasteiger partial charge in [0.1, 0.15) is 0 Å². The summed E-state index contributed by atoms with van der Waals surface area (Å²) >= 11 is 0. The fourth-order valence-electron chi connectivity index (χ4n) is 4.69. The van der Waals surface area contributed by atoms with Gasteiger partial charge in [0, 0.05) is 13.0 Å². The maximum atomic E-state index is 9.56. The van der Waals surface area contributed by atoms with Crippen LogP contribution < -0.4 is 0 Å². The number of aliphatic carboxylic acids is 1. The highest BCUT2D eigenvalue weighted by Crippen LogP contribution is 2.59. The second-order valence-electron chi connectivity index (χ2n) is 10.6. The molecule has 0 heterocycles. The molecule has 4 rings (SSSR count). The van der Waals surface area contributed by atoms with Crippen molar-refractivity contribution >= 4 is 16.4 Å². The molecule has 4 aliphatic rings. The van der Waals surface area contributed by atoms with Crippen LogP contribution in [0, 0.1) is 28.6 Å². The van der Waals surface area contributed by atoms with E-state index in [2.05, 4.69) is 38.8 Å². The maximum absolute atomic E-state index is 9.56. The molecule has 0 saturated heterocycles. The highest BCUT2D eigenvalue weighted by molar-refractivity contribution is 7.80. The summed E-state index contributed by atoms with van der Waals surface area (Å²) < 4.78 is 30.7. The van der Waals surface area contributed by atoms with Crippen molar-refractivity contribution in [3.63, 3.8) is 0 Å². The smallest absolute Gasteiger partial charge is 0.397 e. The third-order valence-corrected chi connectivity index (χ3v) is 5.45. The molecule has 0 unspecified atom stereocenters. The zero-order chi connectivity index (χ0) is 24.9. The fourth-order valence-corrected chi connectivity index (χ4v) is 4.99. The maximum Gasteiger partial charge on any atom is 0.397 e. The summed E-state index contributed by atoms with van der Waals surface area (Å²) in [6, 6.07) is 0. The van der Waals surface area contributed by atoms with Crippen molar-refractivity contribution in [1.82, 2.24) is 0 Å². The Morgan fingerprint density at radius 1 is 0.939 bits per heavy atom. The van der Waals surface area contributed by atoms with Crippen LogP contribution in [0.2, 0.25) is 0 Å². The van der Waals surface area contributed by atoms with Crippen molar-refractivity contribution in [2.75, 3.05) is 13.2 Å². The standard InChI is InChI=1S/C11H18.C5H12.C3H6O2.C2H6O4S.C2H6O.2CH4/c1-11-5-8-2-9(6-11)4-10(3-8)7-11;1-5(2,3)4;1-2-3(4)5;1-2-6-7(3,4)5;1-2-3;;/h8-10H,2-7H2,1H3;1-4H3;2H2,1H3,(H,4,5);2H2,1H3,(H,3,4,5);3H,2H2,1H3;2*1H4. The highest BCUT2D eigenvalue weighted by atomic mass is 32.3. The summed E-state index contributed by atoms with van der Waals surface area (Å²) in [6.07, 6.45) is 9.70. The normalized spacial score (nSPS) is 26.1. The molecule has 0 aromatic heterocycles. The lowest BCUT2D eigenvalue weighted by atomic mass is 9.50. The fraction of sp³-hybridized carbons (Fsp3) is 0.960. The number of carboxylic acid groups (broad SMARTS) is 1. The number of hydrogen-bond donors (Lipinski definition) is 3. The molecule has 4 aliphatic carbocycles. The average Bonchev–Trinajstić information content (AvgIpc) is 2.51.